The number of amides is 3. The molecule has 0 bridgehead atoms. The summed E-state index contributed by atoms with van der Waals surface area (Å²) >= 11 is 0. The molecule has 12 nitrogen and oxygen atoms in total. The number of β-lactam (4-membered cyclic amide) rings is 1. The van der Waals surface area contributed by atoms with E-state index in [0.717, 1.165) is 0 Å². The van der Waals surface area contributed by atoms with Gasteiger partial charge in [-0.25, -0.2) is 9.59 Å². The molecular weight excluding hydrogens is 482 g/mol. The van der Waals surface area contributed by atoms with E-state index in [0.29, 0.717) is 11.1 Å². The standard InChI is InChI=1S/C22H23N3O9S/c1-14(21(28)33-12-15-8-4-2-5-9-15)23-19(26)18-17(20(27)25(18)35(30,31)32)24-22(29)34-13-16-10-6-3-7-11-16/h2-11,14,17-18H,12-13H2,1H3,(H,23,26)(H,24,29)(H,30,31,32)/t14?,17-,18-/m1/s1. The summed E-state index contributed by atoms with van der Waals surface area (Å²) in [5, 5.41) is 4.34. The molecule has 2 aromatic rings. The Balaban J connectivity index is 1.61. The van der Waals surface area contributed by atoms with E-state index in [1.165, 1.54) is 6.92 Å². The smallest absolute Gasteiger partial charge is 0.408 e. The molecule has 3 N–H and O–H groups in total. The summed E-state index contributed by atoms with van der Waals surface area (Å²) in [5.74, 6) is -3.18. The van der Waals surface area contributed by atoms with Crippen LogP contribution in [-0.2, 0) is 47.4 Å². The molecule has 1 aliphatic rings. The molecule has 0 radical (unpaired) electrons. The number of carbonyl (C=O) groups excluding carboxylic acids is 4. The molecule has 186 valence electrons. The Morgan fingerprint density at radius 2 is 1.49 bits per heavy atom. The zero-order valence-corrected chi connectivity index (χ0v) is 19.3. The second-order valence-electron chi connectivity index (χ2n) is 7.56. The van der Waals surface area contributed by atoms with Crippen LogP contribution < -0.4 is 10.6 Å². The number of hydrogen-bond acceptors (Lipinski definition) is 8. The topological polar surface area (TPSA) is 168 Å². The SMILES string of the molecule is CC(NC(=O)[C@H]1[C@@H](NC(=O)OCc2ccccc2)C(=O)N1S(=O)(=O)O)C(=O)OCc1ccccc1. The minimum atomic E-state index is -5.12. The van der Waals surface area contributed by atoms with Crippen LogP contribution in [0.25, 0.3) is 0 Å². The van der Waals surface area contributed by atoms with Crippen LogP contribution in [0, 0.1) is 0 Å². The Morgan fingerprint density at radius 3 is 2.00 bits per heavy atom. The quantitative estimate of drug-likeness (QED) is 0.250. The Morgan fingerprint density at radius 1 is 0.971 bits per heavy atom. The molecule has 1 unspecified atom stereocenters. The average molecular weight is 506 g/mol. The number of esters is 1. The van der Waals surface area contributed by atoms with Crippen molar-refractivity contribution in [1.29, 1.82) is 0 Å². The second kappa shape index (κ2) is 11.0. The lowest BCUT2D eigenvalue weighted by Gasteiger charge is -2.42. The van der Waals surface area contributed by atoms with Crippen LogP contribution in [0.2, 0.25) is 0 Å². The van der Waals surface area contributed by atoms with Crippen LogP contribution in [0.15, 0.2) is 60.7 Å². The molecule has 13 heteroatoms. The lowest BCUT2D eigenvalue weighted by atomic mass is 9.98. The highest BCUT2D eigenvalue weighted by atomic mass is 32.2. The minimum Gasteiger partial charge on any atom is -0.459 e. The van der Waals surface area contributed by atoms with Gasteiger partial charge in [-0.1, -0.05) is 60.7 Å². The summed E-state index contributed by atoms with van der Waals surface area (Å²) in [6.07, 6.45) is -1.09. The number of nitrogens with zero attached hydrogens (tertiary/aromatic N) is 1. The molecule has 3 amide bonds. The number of hydrogen-bond donors (Lipinski definition) is 3. The van der Waals surface area contributed by atoms with E-state index in [-0.39, 0.29) is 17.5 Å². The van der Waals surface area contributed by atoms with E-state index in [4.69, 9.17) is 9.47 Å². The van der Waals surface area contributed by atoms with E-state index < -0.39 is 52.3 Å². The fraction of sp³-hybridized carbons (Fsp3) is 0.273. The third-order valence-electron chi connectivity index (χ3n) is 4.99. The van der Waals surface area contributed by atoms with Gasteiger partial charge in [0.25, 0.3) is 5.91 Å². The van der Waals surface area contributed by atoms with Crippen LogP contribution >= 0.6 is 0 Å². The predicted octanol–water partition coefficient (Wildman–Crippen LogP) is 0.543. The van der Waals surface area contributed by atoms with Gasteiger partial charge in [-0.3, -0.25) is 14.1 Å². The molecule has 3 atom stereocenters. The van der Waals surface area contributed by atoms with Crippen LogP contribution in [0.3, 0.4) is 0 Å². The van der Waals surface area contributed by atoms with Gasteiger partial charge >= 0.3 is 22.4 Å². The first-order valence-electron chi connectivity index (χ1n) is 10.4. The van der Waals surface area contributed by atoms with Crippen molar-refractivity contribution >= 4 is 34.2 Å². The molecule has 0 aromatic heterocycles. The highest BCUT2D eigenvalue weighted by Crippen LogP contribution is 2.24. The van der Waals surface area contributed by atoms with Crippen LogP contribution in [0.4, 0.5) is 4.79 Å². The maximum absolute atomic E-state index is 12.7. The van der Waals surface area contributed by atoms with Crippen molar-refractivity contribution in [3.63, 3.8) is 0 Å². The fourth-order valence-corrected chi connectivity index (χ4v) is 4.07. The summed E-state index contributed by atoms with van der Waals surface area (Å²) < 4.78 is 42.6. The number of nitrogens with one attached hydrogen (secondary N) is 2. The molecule has 0 saturated carbocycles. The van der Waals surface area contributed by atoms with E-state index in [1.54, 1.807) is 60.7 Å². The maximum Gasteiger partial charge on any atom is 0.408 e. The number of rotatable bonds is 9. The van der Waals surface area contributed by atoms with Crippen molar-refractivity contribution in [2.45, 2.75) is 38.3 Å². The normalized spacial score (nSPS) is 18.1. The first-order valence-corrected chi connectivity index (χ1v) is 11.8. The highest BCUT2D eigenvalue weighted by Gasteiger charge is 2.58. The summed E-state index contributed by atoms with van der Waals surface area (Å²) in [7, 11) is -5.12. The average Bonchev–Trinajstić information content (AvgIpc) is 2.83. The van der Waals surface area contributed by atoms with Gasteiger partial charge in [0, 0.05) is 0 Å². The van der Waals surface area contributed by atoms with Crippen molar-refractivity contribution in [3.8, 4) is 0 Å². The molecule has 1 aliphatic heterocycles. The monoisotopic (exact) mass is 505 g/mol. The van der Waals surface area contributed by atoms with Crippen LogP contribution in [-0.4, -0.2) is 59.3 Å². The number of carbonyl (C=O) groups is 4. The van der Waals surface area contributed by atoms with Gasteiger partial charge < -0.3 is 20.1 Å². The summed E-state index contributed by atoms with van der Waals surface area (Å²) in [6.45, 7) is 1.09. The largest absolute Gasteiger partial charge is 0.459 e. The van der Waals surface area contributed by atoms with Gasteiger partial charge in [-0.05, 0) is 18.1 Å². The number of ether oxygens (including phenoxy) is 2. The summed E-state index contributed by atoms with van der Waals surface area (Å²) in [4.78, 5) is 49.3. The maximum atomic E-state index is 12.7. The molecule has 1 saturated heterocycles. The van der Waals surface area contributed by atoms with Crippen molar-refractivity contribution in [2.24, 2.45) is 0 Å². The number of benzene rings is 2. The molecule has 35 heavy (non-hydrogen) atoms. The van der Waals surface area contributed by atoms with Gasteiger partial charge in [0.15, 0.2) is 6.04 Å². The molecule has 3 rings (SSSR count). The first kappa shape index (κ1) is 25.6. The summed E-state index contributed by atoms with van der Waals surface area (Å²) in [5.41, 5.74) is 1.36. The predicted molar refractivity (Wildman–Crippen MR) is 120 cm³/mol. The van der Waals surface area contributed by atoms with Crippen molar-refractivity contribution in [2.75, 3.05) is 0 Å². The Kier molecular flexibility index (Phi) is 8.04. The van der Waals surface area contributed by atoms with Gasteiger partial charge in [-0.2, -0.15) is 12.7 Å². The lowest BCUT2D eigenvalue weighted by molar-refractivity contribution is -0.153. The minimum absolute atomic E-state index is 0.0591. The fourth-order valence-electron chi connectivity index (χ4n) is 3.22. The zero-order chi connectivity index (χ0) is 25.6. The van der Waals surface area contributed by atoms with Gasteiger partial charge in [0.2, 0.25) is 5.91 Å². The van der Waals surface area contributed by atoms with Crippen molar-refractivity contribution in [1.82, 2.24) is 14.9 Å². The van der Waals surface area contributed by atoms with Crippen LogP contribution in [0.5, 0.6) is 0 Å². The van der Waals surface area contributed by atoms with Gasteiger partial charge in [0.1, 0.15) is 25.3 Å². The Labute approximate surface area is 201 Å². The third-order valence-corrected chi connectivity index (χ3v) is 5.90. The van der Waals surface area contributed by atoms with E-state index >= 15 is 0 Å². The van der Waals surface area contributed by atoms with Crippen molar-refractivity contribution < 1.29 is 41.6 Å². The molecule has 0 spiro atoms. The van der Waals surface area contributed by atoms with E-state index in [1.807, 2.05) is 0 Å². The van der Waals surface area contributed by atoms with Gasteiger partial charge in [-0.15, -0.1) is 0 Å². The molecule has 1 heterocycles. The van der Waals surface area contributed by atoms with E-state index in [2.05, 4.69) is 10.6 Å². The first-order chi connectivity index (χ1) is 16.6. The van der Waals surface area contributed by atoms with Crippen LogP contribution in [0.1, 0.15) is 18.1 Å². The zero-order valence-electron chi connectivity index (χ0n) is 18.5. The molecule has 0 aliphatic carbocycles. The third kappa shape index (κ3) is 6.55. The second-order valence-corrected chi connectivity index (χ2v) is 8.85. The van der Waals surface area contributed by atoms with E-state index in [9.17, 15) is 32.1 Å². The number of alkyl carbamates (subject to hydrolysis) is 1. The molecule has 2 aromatic carbocycles. The van der Waals surface area contributed by atoms with Gasteiger partial charge in [0.05, 0.1) is 0 Å². The summed E-state index contributed by atoms with van der Waals surface area (Å²) in [6, 6.07) is 12.6. The lowest BCUT2D eigenvalue weighted by Crippen LogP contribution is -2.76. The van der Waals surface area contributed by atoms with Crippen molar-refractivity contribution in [3.05, 3.63) is 71.8 Å². The highest BCUT2D eigenvalue weighted by molar-refractivity contribution is 7.84. The Bertz CT molecular complexity index is 1190. The Hall–Kier alpha value is -3.97. The molecule has 1 fully saturated rings. The molecular formula is C22H23N3O9S.